The van der Waals surface area contributed by atoms with Gasteiger partial charge in [0.15, 0.2) is 0 Å². The number of carbonyl (C=O) groups is 1. The molecule has 302 valence electrons. The predicted molar refractivity (Wildman–Crippen MR) is 230 cm³/mol. The molecule has 0 rings (SSSR count). The van der Waals surface area contributed by atoms with E-state index in [1.807, 2.05) is 6.08 Å². The number of unbranched alkanes of at least 4 members (excludes halogenated alkanes) is 25. The van der Waals surface area contributed by atoms with Gasteiger partial charge in [-0.2, -0.15) is 0 Å². The van der Waals surface area contributed by atoms with Gasteiger partial charge in [0.2, 0.25) is 5.91 Å². The second kappa shape index (κ2) is 43.5. The van der Waals surface area contributed by atoms with Gasteiger partial charge in [-0.3, -0.25) is 4.79 Å². The molecular weight excluding hydrogens is 639 g/mol. The zero-order chi connectivity index (χ0) is 37.8. The smallest absolute Gasteiger partial charge is 0.220 e. The molecule has 0 aromatic rings. The Morgan fingerprint density at radius 2 is 0.846 bits per heavy atom. The van der Waals surface area contributed by atoms with E-state index in [1.54, 1.807) is 6.08 Å². The SMILES string of the molecule is CC/C=C\C/C=C\C/C=C\C/C=C\CCCCCCCCCCCCC(=O)NC(CO)C(O)/C=C/CCCCCCCCCCCCCCCCC. The van der Waals surface area contributed by atoms with Crippen LogP contribution in [0.1, 0.15) is 219 Å². The number of nitrogens with one attached hydrogen (secondary N) is 1. The maximum Gasteiger partial charge on any atom is 0.220 e. The number of hydrogen-bond acceptors (Lipinski definition) is 3. The molecule has 0 radical (unpaired) electrons. The van der Waals surface area contributed by atoms with Crippen molar-refractivity contribution in [2.45, 2.75) is 231 Å². The van der Waals surface area contributed by atoms with Crippen molar-refractivity contribution in [3.8, 4) is 0 Å². The Kier molecular flexibility index (Phi) is 41.9. The summed E-state index contributed by atoms with van der Waals surface area (Å²) in [7, 11) is 0. The molecule has 2 atom stereocenters. The van der Waals surface area contributed by atoms with Crippen LogP contribution >= 0.6 is 0 Å². The Bertz CT molecular complexity index is 873. The molecule has 0 aliphatic rings. The number of allylic oxidation sites excluding steroid dienone is 9. The first-order valence-corrected chi connectivity index (χ1v) is 22.5. The third-order valence-electron chi connectivity index (χ3n) is 10.0. The second-order valence-electron chi connectivity index (χ2n) is 15.1. The van der Waals surface area contributed by atoms with E-state index in [1.165, 1.54) is 148 Å². The van der Waals surface area contributed by atoms with E-state index in [9.17, 15) is 15.0 Å². The molecular formula is C48H87NO3. The number of rotatable bonds is 40. The lowest BCUT2D eigenvalue weighted by molar-refractivity contribution is -0.123. The maximum atomic E-state index is 12.4. The van der Waals surface area contributed by atoms with Crippen LogP contribution in [0.25, 0.3) is 0 Å². The van der Waals surface area contributed by atoms with E-state index in [0.29, 0.717) is 6.42 Å². The Labute approximate surface area is 324 Å². The summed E-state index contributed by atoms with van der Waals surface area (Å²) in [4.78, 5) is 12.4. The van der Waals surface area contributed by atoms with Crippen LogP contribution in [0.5, 0.6) is 0 Å². The van der Waals surface area contributed by atoms with Crippen LogP contribution < -0.4 is 5.32 Å². The van der Waals surface area contributed by atoms with Gasteiger partial charge in [0, 0.05) is 6.42 Å². The highest BCUT2D eigenvalue weighted by Crippen LogP contribution is 2.15. The van der Waals surface area contributed by atoms with Gasteiger partial charge in [0.05, 0.1) is 18.8 Å². The number of aliphatic hydroxyl groups is 2. The van der Waals surface area contributed by atoms with E-state index in [2.05, 4.69) is 67.8 Å². The first-order valence-electron chi connectivity index (χ1n) is 22.5. The normalized spacial score (nSPS) is 13.5. The maximum absolute atomic E-state index is 12.4. The molecule has 0 saturated heterocycles. The van der Waals surface area contributed by atoms with Gasteiger partial charge in [-0.1, -0.05) is 216 Å². The number of hydrogen-bond donors (Lipinski definition) is 3. The molecule has 0 heterocycles. The van der Waals surface area contributed by atoms with E-state index in [0.717, 1.165) is 51.4 Å². The molecule has 0 aliphatic heterocycles. The molecule has 0 aromatic heterocycles. The van der Waals surface area contributed by atoms with E-state index in [4.69, 9.17) is 0 Å². The molecule has 4 nitrogen and oxygen atoms in total. The quantitative estimate of drug-likeness (QED) is 0.0435. The molecule has 52 heavy (non-hydrogen) atoms. The molecule has 3 N–H and O–H groups in total. The van der Waals surface area contributed by atoms with Crippen molar-refractivity contribution in [3.63, 3.8) is 0 Å². The molecule has 0 aromatic carbocycles. The van der Waals surface area contributed by atoms with Crippen LogP contribution in [0.2, 0.25) is 0 Å². The number of aliphatic hydroxyl groups excluding tert-OH is 2. The van der Waals surface area contributed by atoms with Crippen molar-refractivity contribution < 1.29 is 15.0 Å². The Morgan fingerprint density at radius 1 is 0.481 bits per heavy atom. The highest BCUT2D eigenvalue weighted by Gasteiger charge is 2.17. The summed E-state index contributed by atoms with van der Waals surface area (Å²) < 4.78 is 0. The van der Waals surface area contributed by atoms with Crippen molar-refractivity contribution in [1.82, 2.24) is 5.32 Å². The number of amides is 1. The topological polar surface area (TPSA) is 69.6 Å². The van der Waals surface area contributed by atoms with Gasteiger partial charge in [-0.15, -0.1) is 0 Å². The lowest BCUT2D eigenvalue weighted by Gasteiger charge is -2.20. The van der Waals surface area contributed by atoms with Gasteiger partial charge in [-0.05, 0) is 57.8 Å². The van der Waals surface area contributed by atoms with E-state index in [-0.39, 0.29) is 12.5 Å². The minimum absolute atomic E-state index is 0.0702. The predicted octanol–water partition coefficient (Wildman–Crippen LogP) is 14.1. The van der Waals surface area contributed by atoms with Crippen molar-refractivity contribution in [1.29, 1.82) is 0 Å². The van der Waals surface area contributed by atoms with Gasteiger partial charge in [0.1, 0.15) is 0 Å². The molecule has 0 spiro atoms. The monoisotopic (exact) mass is 726 g/mol. The summed E-state index contributed by atoms with van der Waals surface area (Å²) in [6, 6.07) is -0.626. The van der Waals surface area contributed by atoms with Gasteiger partial charge in [-0.25, -0.2) is 0 Å². The summed E-state index contributed by atoms with van der Waals surface area (Å²) in [5.74, 6) is -0.0702. The van der Waals surface area contributed by atoms with Crippen molar-refractivity contribution in [3.05, 3.63) is 60.8 Å². The second-order valence-corrected chi connectivity index (χ2v) is 15.1. The summed E-state index contributed by atoms with van der Waals surface area (Å²) in [5, 5.41) is 23.0. The van der Waals surface area contributed by atoms with Gasteiger partial charge < -0.3 is 15.5 Å². The fourth-order valence-corrected chi connectivity index (χ4v) is 6.58. The Balaban J connectivity index is 3.58. The standard InChI is InChI=1S/C48H87NO3/c1-3-5-7-9-11-13-15-17-19-21-22-23-24-25-26-28-30-32-34-36-38-40-42-44-48(52)49-46(45-50)47(51)43-41-39-37-35-33-31-29-27-20-18-16-14-12-10-8-6-4-2/h5,7,11,13,17,19,22-23,41,43,46-47,50-51H,3-4,6,8-10,12,14-16,18,20-21,24-40,42,44-45H2,1-2H3,(H,49,52)/b7-5-,13-11-,19-17-,23-22-,43-41+. The highest BCUT2D eigenvalue weighted by molar-refractivity contribution is 5.76. The van der Waals surface area contributed by atoms with Crippen LogP contribution in [-0.4, -0.2) is 34.9 Å². The van der Waals surface area contributed by atoms with Crippen molar-refractivity contribution in [2.75, 3.05) is 6.61 Å². The molecule has 0 bridgehead atoms. The molecule has 1 amide bonds. The highest BCUT2D eigenvalue weighted by atomic mass is 16.3. The summed E-state index contributed by atoms with van der Waals surface area (Å²) in [6.45, 7) is 4.20. The minimum Gasteiger partial charge on any atom is -0.394 e. The van der Waals surface area contributed by atoms with Gasteiger partial charge in [0.25, 0.3) is 0 Å². The van der Waals surface area contributed by atoms with Crippen LogP contribution in [0.15, 0.2) is 60.8 Å². The van der Waals surface area contributed by atoms with E-state index < -0.39 is 12.1 Å². The molecule has 4 heteroatoms. The average Bonchev–Trinajstić information content (AvgIpc) is 3.15. The van der Waals surface area contributed by atoms with Crippen LogP contribution in [0, 0.1) is 0 Å². The number of carbonyl (C=O) groups excluding carboxylic acids is 1. The fourth-order valence-electron chi connectivity index (χ4n) is 6.58. The Morgan fingerprint density at radius 3 is 1.27 bits per heavy atom. The van der Waals surface area contributed by atoms with Crippen LogP contribution in [0.3, 0.4) is 0 Å². The first-order chi connectivity index (χ1) is 25.7. The van der Waals surface area contributed by atoms with Crippen molar-refractivity contribution in [2.24, 2.45) is 0 Å². The summed E-state index contributed by atoms with van der Waals surface area (Å²) in [6.07, 6.45) is 60.4. The summed E-state index contributed by atoms with van der Waals surface area (Å²) in [5.41, 5.74) is 0. The van der Waals surface area contributed by atoms with Crippen LogP contribution in [0.4, 0.5) is 0 Å². The lowest BCUT2D eigenvalue weighted by atomic mass is 10.0. The molecule has 0 aliphatic carbocycles. The van der Waals surface area contributed by atoms with Crippen molar-refractivity contribution >= 4 is 5.91 Å². The molecule has 0 fully saturated rings. The van der Waals surface area contributed by atoms with Crippen LogP contribution in [-0.2, 0) is 4.79 Å². The zero-order valence-electron chi connectivity index (χ0n) is 34.6. The zero-order valence-corrected chi connectivity index (χ0v) is 34.6. The van der Waals surface area contributed by atoms with Gasteiger partial charge >= 0.3 is 0 Å². The largest absolute Gasteiger partial charge is 0.394 e. The third kappa shape index (κ3) is 39.3. The average molecular weight is 726 g/mol. The molecule has 0 saturated carbocycles. The minimum atomic E-state index is -0.843. The Hall–Kier alpha value is -1.91. The molecule has 2 unspecified atom stereocenters. The summed E-state index contributed by atoms with van der Waals surface area (Å²) >= 11 is 0. The first kappa shape index (κ1) is 50.1. The van der Waals surface area contributed by atoms with E-state index >= 15 is 0 Å². The third-order valence-corrected chi connectivity index (χ3v) is 10.0. The fraction of sp³-hybridized carbons (Fsp3) is 0.771. The lowest BCUT2D eigenvalue weighted by Crippen LogP contribution is -2.45.